The van der Waals surface area contributed by atoms with Gasteiger partial charge >= 0.3 is 5.97 Å². The minimum absolute atomic E-state index is 0.173. The molecule has 5 aromatic rings. The van der Waals surface area contributed by atoms with E-state index in [0.29, 0.717) is 59.6 Å². The molecule has 8 heteroatoms. The van der Waals surface area contributed by atoms with Crippen LogP contribution in [-0.4, -0.2) is 32.5 Å². The number of pyridine rings is 1. The molecule has 7 nitrogen and oxygen atoms in total. The number of carboxylic acids is 1. The van der Waals surface area contributed by atoms with E-state index in [2.05, 4.69) is 34.6 Å². The lowest BCUT2D eigenvalue weighted by Gasteiger charge is -2.21. The average molecular weight is 601 g/mol. The van der Waals surface area contributed by atoms with E-state index in [4.69, 9.17) is 10.7 Å². The van der Waals surface area contributed by atoms with Gasteiger partial charge in [-0.3, -0.25) is 4.79 Å². The Labute approximate surface area is 260 Å². The van der Waals surface area contributed by atoms with Gasteiger partial charge in [0.1, 0.15) is 11.5 Å². The standard InChI is InChI=1S/C37H33FN4O3/c38-26-11-5-10-25(18-26)33-27-12-13-28-32(36(44)45)31(20-37(39)14-15-37)42-34(28)29(27)19-30(41-33)35(43)40-21-24-9-4-8-23(17-24)16-22-6-2-1-3-7-22/h1-11,17-19,42H,12-16,20-21,39H2,(H,40,43)(H,44,45). The van der Waals surface area contributed by atoms with Crippen LogP contribution in [0.2, 0.25) is 0 Å². The van der Waals surface area contributed by atoms with E-state index in [9.17, 15) is 19.1 Å². The van der Waals surface area contributed by atoms with Gasteiger partial charge in [-0.15, -0.1) is 0 Å². The second-order valence-corrected chi connectivity index (χ2v) is 12.2. The van der Waals surface area contributed by atoms with Crippen LogP contribution < -0.4 is 11.1 Å². The van der Waals surface area contributed by atoms with Gasteiger partial charge in [0.15, 0.2) is 0 Å². The van der Waals surface area contributed by atoms with Gasteiger partial charge < -0.3 is 21.1 Å². The molecule has 0 spiro atoms. The Kier molecular flexibility index (Phi) is 7.30. The number of nitrogens with zero attached hydrogens (tertiary/aromatic N) is 1. The van der Waals surface area contributed by atoms with Crippen LogP contribution >= 0.6 is 0 Å². The number of H-pyrrole nitrogens is 1. The molecule has 1 fully saturated rings. The minimum Gasteiger partial charge on any atom is -0.478 e. The lowest BCUT2D eigenvalue weighted by molar-refractivity contribution is 0.0694. The molecule has 1 amide bonds. The Morgan fingerprint density at radius 1 is 0.911 bits per heavy atom. The van der Waals surface area contributed by atoms with E-state index in [1.807, 2.05) is 30.3 Å². The third-order valence-corrected chi connectivity index (χ3v) is 8.86. The van der Waals surface area contributed by atoms with Crippen molar-refractivity contribution < 1.29 is 19.1 Å². The molecular formula is C37H33FN4O3. The van der Waals surface area contributed by atoms with Crippen LogP contribution in [0, 0.1) is 5.82 Å². The Hall–Kier alpha value is -5.08. The molecule has 0 radical (unpaired) electrons. The monoisotopic (exact) mass is 600 g/mol. The molecule has 0 atom stereocenters. The number of carbonyl (C=O) groups excluding carboxylic acids is 1. The summed E-state index contributed by atoms with van der Waals surface area (Å²) in [5.41, 5.74) is 14.3. The van der Waals surface area contributed by atoms with Crippen LogP contribution in [-0.2, 0) is 32.2 Å². The predicted octanol–water partition coefficient (Wildman–Crippen LogP) is 6.23. The molecule has 2 heterocycles. The number of nitrogens with two attached hydrogens (primary N) is 1. The van der Waals surface area contributed by atoms with E-state index in [0.717, 1.165) is 36.0 Å². The maximum atomic E-state index is 14.4. The first-order valence-corrected chi connectivity index (χ1v) is 15.2. The van der Waals surface area contributed by atoms with E-state index in [1.54, 1.807) is 18.2 Å². The molecule has 1 saturated carbocycles. The van der Waals surface area contributed by atoms with Gasteiger partial charge in [0.2, 0.25) is 0 Å². The van der Waals surface area contributed by atoms with Crippen LogP contribution in [0.4, 0.5) is 4.39 Å². The molecule has 0 aliphatic heterocycles. The fourth-order valence-electron chi connectivity index (χ4n) is 6.40. The maximum absolute atomic E-state index is 14.4. The number of benzene rings is 3. The molecule has 3 aromatic carbocycles. The quantitative estimate of drug-likeness (QED) is 0.160. The smallest absolute Gasteiger partial charge is 0.337 e. The Balaban J connectivity index is 1.24. The number of amides is 1. The molecule has 2 aromatic heterocycles. The SMILES string of the molecule is NC1(Cc2[nH]c3c(c2C(=O)O)CCc2c-3cc(C(=O)NCc3cccc(Cc4ccccc4)c3)nc2-c2cccc(F)c2)CC1. The van der Waals surface area contributed by atoms with Crippen molar-refractivity contribution >= 4 is 11.9 Å². The highest BCUT2D eigenvalue weighted by Crippen LogP contribution is 2.43. The van der Waals surface area contributed by atoms with Gasteiger partial charge in [0.05, 0.1) is 17.0 Å². The summed E-state index contributed by atoms with van der Waals surface area (Å²) >= 11 is 0. The van der Waals surface area contributed by atoms with Gasteiger partial charge in [0, 0.05) is 35.3 Å². The van der Waals surface area contributed by atoms with E-state index in [-0.39, 0.29) is 17.2 Å². The van der Waals surface area contributed by atoms with E-state index >= 15 is 0 Å². The van der Waals surface area contributed by atoms with Crippen LogP contribution in [0.1, 0.15) is 67.2 Å². The summed E-state index contributed by atoms with van der Waals surface area (Å²) in [6, 6.07) is 26.2. The number of aromatic amines is 1. The summed E-state index contributed by atoms with van der Waals surface area (Å²) in [6.45, 7) is 0.301. The van der Waals surface area contributed by atoms with Crippen molar-refractivity contribution in [2.75, 3.05) is 0 Å². The number of aromatic nitrogens is 2. The first-order valence-electron chi connectivity index (χ1n) is 15.2. The molecule has 5 N–H and O–H groups in total. The third kappa shape index (κ3) is 5.89. The summed E-state index contributed by atoms with van der Waals surface area (Å²) in [5, 5.41) is 13.2. The molecular weight excluding hydrogens is 567 g/mol. The molecule has 2 aliphatic carbocycles. The molecule has 2 aliphatic rings. The minimum atomic E-state index is -0.998. The number of halogens is 1. The summed E-state index contributed by atoms with van der Waals surface area (Å²) in [6.07, 6.45) is 3.90. The number of rotatable bonds is 9. The van der Waals surface area contributed by atoms with Gasteiger partial charge in [-0.25, -0.2) is 14.2 Å². The highest BCUT2D eigenvalue weighted by atomic mass is 19.1. The lowest BCUT2D eigenvalue weighted by Crippen LogP contribution is -2.25. The first kappa shape index (κ1) is 28.7. The molecule has 0 unspecified atom stereocenters. The van der Waals surface area contributed by atoms with Gasteiger partial charge in [-0.1, -0.05) is 66.7 Å². The number of carboxylic acid groups (broad SMARTS) is 1. The molecule has 0 saturated heterocycles. The van der Waals surface area contributed by atoms with Crippen LogP contribution in [0.15, 0.2) is 84.9 Å². The molecule has 0 bridgehead atoms. The second kappa shape index (κ2) is 11.4. The lowest BCUT2D eigenvalue weighted by atomic mass is 9.85. The average Bonchev–Trinajstić information content (AvgIpc) is 3.64. The zero-order valence-electron chi connectivity index (χ0n) is 24.7. The molecule has 45 heavy (non-hydrogen) atoms. The van der Waals surface area contributed by atoms with Crippen molar-refractivity contribution in [3.8, 4) is 22.5 Å². The summed E-state index contributed by atoms with van der Waals surface area (Å²) < 4.78 is 14.4. The van der Waals surface area contributed by atoms with Crippen molar-refractivity contribution in [1.82, 2.24) is 15.3 Å². The van der Waals surface area contributed by atoms with Crippen molar-refractivity contribution in [3.05, 3.63) is 136 Å². The predicted molar refractivity (Wildman–Crippen MR) is 171 cm³/mol. The Bertz CT molecular complexity index is 1950. The maximum Gasteiger partial charge on any atom is 0.337 e. The van der Waals surface area contributed by atoms with E-state index < -0.39 is 17.3 Å². The van der Waals surface area contributed by atoms with Crippen LogP contribution in [0.3, 0.4) is 0 Å². The van der Waals surface area contributed by atoms with Crippen molar-refractivity contribution in [2.45, 2.75) is 50.6 Å². The zero-order chi connectivity index (χ0) is 31.1. The van der Waals surface area contributed by atoms with Crippen LogP contribution in [0.5, 0.6) is 0 Å². The zero-order valence-corrected chi connectivity index (χ0v) is 24.7. The normalized spacial score (nSPS) is 14.4. The number of hydrogen-bond acceptors (Lipinski definition) is 4. The second-order valence-electron chi connectivity index (χ2n) is 12.2. The molecule has 226 valence electrons. The summed E-state index contributed by atoms with van der Waals surface area (Å²) in [4.78, 5) is 34.2. The van der Waals surface area contributed by atoms with Gasteiger partial charge in [-0.05, 0) is 78.1 Å². The van der Waals surface area contributed by atoms with Crippen molar-refractivity contribution in [3.63, 3.8) is 0 Å². The molecule has 7 rings (SSSR count). The van der Waals surface area contributed by atoms with Gasteiger partial charge in [-0.2, -0.15) is 0 Å². The first-order chi connectivity index (χ1) is 21.8. The Morgan fingerprint density at radius 2 is 1.64 bits per heavy atom. The number of fused-ring (bicyclic) bond motifs is 3. The topological polar surface area (TPSA) is 121 Å². The highest BCUT2D eigenvalue weighted by Gasteiger charge is 2.41. The summed E-state index contributed by atoms with van der Waals surface area (Å²) in [7, 11) is 0. The third-order valence-electron chi connectivity index (χ3n) is 8.86. The number of hydrogen-bond donors (Lipinski definition) is 4. The highest BCUT2D eigenvalue weighted by molar-refractivity contribution is 5.98. The largest absolute Gasteiger partial charge is 0.478 e. The summed E-state index contributed by atoms with van der Waals surface area (Å²) in [5.74, 6) is -1.78. The van der Waals surface area contributed by atoms with Gasteiger partial charge in [0.25, 0.3) is 5.91 Å². The number of aromatic carboxylic acids is 1. The Morgan fingerprint density at radius 3 is 2.40 bits per heavy atom. The fourth-order valence-corrected chi connectivity index (χ4v) is 6.40. The van der Waals surface area contributed by atoms with Crippen LogP contribution in [0.25, 0.3) is 22.5 Å². The van der Waals surface area contributed by atoms with Crippen molar-refractivity contribution in [1.29, 1.82) is 0 Å². The fraction of sp³-hybridized carbons (Fsp3) is 0.216. The van der Waals surface area contributed by atoms with Crippen molar-refractivity contribution in [2.24, 2.45) is 5.73 Å². The number of carbonyl (C=O) groups is 2. The number of nitrogens with one attached hydrogen (secondary N) is 2. The van der Waals surface area contributed by atoms with E-state index in [1.165, 1.54) is 17.7 Å².